The molecule has 1 aliphatic heterocycles. The minimum absolute atomic E-state index is 0.0732. The average Bonchev–Trinajstić information content (AvgIpc) is 3.70. The summed E-state index contributed by atoms with van der Waals surface area (Å²) in [6.07, 6.45) is 6.65. The van der Waals surface area contributed by atoms with Crippen LogP contribution in [-0.2, 0) is 20.7 Å². The third kappa shape index (κ3) is 6.19. The van der Waals surface area contributed by atoms with Crippen molar-refractivity contribution in [3.63, 3.8) is 0 Å². The van der Waals surface area contributed by atoms with Crippen molar-refractivity contribution < 1.29 is 29.0 Å². The number of nitrogen functional groups attached to an aromatic ring is 1. The lowest BCUT2D eigenvalue weighted by Crippen LogP contribution is -2.51. The second kappa shape index (κ2) is 13.7. The number of aromatic nitrogens is 1. The molecule has 226 valence electrons. The van der Waals surface area contributed by atoms with E-state index < -0.39 is 28.7 Å². The van der Waals surface area contributed by atoms with Gasteiger partial charge >= 0.3 is 5.97 Å². The van der Waals surface area contributed by atoms with E-state index in [2.05, 4.69) is 24.1 Å². The number of aliphatic hydroxyl groups excluding tert-OH is 1. The molecule has 2 aromatic rings. The highest BCUT2D eigenvalue weighted by molar-refractivity contribution is 6.32. The average molecular weight is 578 g/mol. The summed E-state index contributed by atoms with van der Waals surface area (Å²) >= 11 is 0. The minimum atomic E-state index is -2.06. The number of allylic oxidation sites excluding steroid dienone is 1. The number of aliphatic hydroxyl groups is 1. The molecule has 0 unspecified atom stereocenters. The number of unbranched alkanes of at least 4 members (excludes halogenated alkanes) is 1. The Balaban J connectivity index is 1.60. The van der Waals surface area contributed by atoms with Crippen LogP contribution in [0.3, 0.4) is 0 Å². The van der Waals surface area contributed by atoms with Gasteiger partial charge in [-0.2, -0.15) is 0 Å². The summed E-state index contributed by atoms with van der Waals surface area (Å²) in [6.45, 7) is 7.41. The summed E-state index contributed by atoms with van der Waals surface area (Å²) in [5, 5.41) is 13.8. The summed E-state index contributed by atoms with van der Waals surface area (Å²) in [4.78, 5) is 45.7. The number of nitrogens with one attached hydrogen (secondary N) is 1. The maximum absolute atomic E-state index is 14.0. The van der Waals surface area contributed by atoms with Gasteiger partial charge in [-0.15, -0.1) is 0 Å². The molecule has 1 aromatic heterocycles. The molecule has 0 amide bonds. The first-order valence-corrected chi connectivity index (χ1v) is 15.0. The smallest absolute Gasteiger partial charge is 0.350 e. The number of hydrogen-bond donors (Lipinski definition) is 3. The van der Waals surface area contributed by atoms with Crippen LogP contribution in [-0.4, -0.2) is 65.1 Å². The first kappa shape index (κ1) is 31.5. The van der Waals surface area contributed by atoms with Crippen molar-refractivity contribution in [2.45, 2.75) is 76.9 Å². The Bertz CT molecular complexity index is 1340. The van der Waals surface area contributed by atoms with E-state index in [-0.39, 0.29) is 36.7 Å². The number of carbonyl (C=O) groups is 3. The molecular formula is C33H43N3O6. The Kier molecular flexibility index (Phi) is 10.3. The fourth-order valence-corrected chi connectivity index (χ4v) is 5.81. The van der Waals surface area contributed by atoms with Crippen molar-refractivity contribution in [1.82, 2.24) is 10.3 Å². The number of ether oxygens (including phenoxy) is 2. The molecule has 1 saturated heterocycles. The second-order valence-electron chi connectivity index (χ2n) is 11.4. The molecule has 2 aliphatic rings. The van der Waals surface area contributed by atoms with Gasteiger partial charge < -0.3 is 25.6 Å². The van der Waals surface area contributed by atoms with E-state index in [0.29, 0.717) is 30.8 Å². The van der Waals surface area contributed by atoms with Crippen LogP contribution in [0, 0.1) is 5.92 Å². The summed E-state index contributed by atoms with van der Waals surface area (Å²) in [5.74, 6) is -1.35. The van der Waals surface area contributed by atoms with E-state index in [0.717, 1.165) is 43.4 Å². The van der Waals surface area contributed by atoms with Gasteiger partial charge in [0.05, 0.1) is 13.2 Å². The summed E-state index contributed by atoms with van der Waals surface area (Å²) in [5.41, 5.74) is 4.75. The van der Waals surface area contributed by atoms with Crippen LogP contribution < -0.4 is 11.1 Å². The third-order valence-electron chi connectivity index (χ3n) is 8.41. The number of aryl methyl sites for hydroxylation is 1. The fourth-order valence-electron chi connectivity index (χ4n) is 5.81. The van der Waals surface area contributed by atoms with Crippen molar-refractivity contribution in [2.75, 3.05) is 32.0 Å². The second-order valence-corrected chi connectivity index (χ2v) is 11.4. The van der Waals surface area contributed by atoms with Crippen molar-refractivity contribution >= 4 is 23.4 Å². The molecule has 3 atom stereocenters. The van der Waals surface area contributed by atoms with Crippen molar-refractivity contribution in [3.05, 3.63) is 70.4 Å². The number of pyridine rings is 1. The van der Waals surface area contributed by atoms with Gasteiger partial charge in [0.2, 0.25) is 5.78 Å². The molecule has 1 aromatic carbocycles. The van der Waals surface area contributed by atoms with Gasteiger partial charge in [-0.3, -0.25) is 9.59 Å². The number of benzene rings is 1. The summed E-state index contributed by atoms with van der Waals surface area (Å²) in [7, 11) is 0. The van der Waals surface area contributed by atoms with Crippen molar-refractivity contribution in [1.29, 1.82) is 0 Å². The zero-order chi connectivity index (χ0) is 30.3. The first-order chi connectivity index (χ1) is 20.2. The molecule has 0 bridgehead atoms. The van der Waals surface area contributed by atoms with E-state index in [1.54, 1.807) is 36.5 Å². The highest BCUT2D eigenvalue weighted by Gasteiger charge is 2.85. The lowest BCUT2D eigenvalue weighted by atomic mass is 9.71. The Hall–Kier alpha value is -3.40. The Morgan fingerprint density at radius 1 is 1.14 bits per heavy atom. The largest absolute Gasteiger partial charge is 0.463 e. The monoisotopic (exact) mass is 577 g/mol. The normalized spacial score (nSPS) is 22.2. The van der Waals surface area contributed by atoms with Crippen molar-refractivity contribution in [3.8, 4) is 0 Å². The van der Waals surface area contributed by atoms with Crippen LogP contribution in [0.5, 0.6) is 0 Å². The topological polar surface area (TPSA) is 144 Å². The highest BCUT2D eigenvalue weighted by atomic mass is 16.7. The number of nitrogens with two attached hydrogens (primary N) is 1. The molecule has 0 saturated carbocycles. The lowest BCUT2D eigenvalue weighted by Gasteiger charge is -2.26. The van der Waals surface area contributed by atoms with Crippen molar-refractivity contribution in [2.24, 2.45) is 5.92 Å². The Morgan fingerprint density at radius 3 is 2.55 bits per heavy atom. The number of esters is 1. The number of nitrogens with zero attached hydrogens (tertiary/aromatic N) is 1. The maximum Gasteiger partial charge on any atom is 0.350 e. The Morgan fingerprint density at radius 2 is 1.88 bits per heavy atom. The maximum atomic E-state index is 14.0. The van der Waals surface area contributed by atoms with E-state index in [1.807, 2.05) is 13.0 Å². The number of epoxide rings is 1. The zero-order valence-corrected chi connectivity index (χ0v) is 24.9. The summed E-state index contributed by atoms with van der Waals surface area (Å²) < 4.78 is 11.8. The van der Waals surface area contributed by atoms with Crippen LogP contribution in [0.2, 0.25) is 0 Å². The fraction of sp³-hybridized carbons (Fsp3) is 0.515. The molecule has 9 heteroatoms. The van der Waals surface area contributed by atoms with Gasteiger partial charge in [-0.1, -0.05) is 56.5 Å². The number of rotatable bonds is 16. The predicted octanol–water partition coefficient (Wildman–Crippen LogP) is 4.23. The van der Waals surface area contributed by atoms with Crippen LogP contribution >= 0.6 is 0 Å². The molecule has 1 aliphatic carbocycles. The van der Waals surface area contributed by atoms with Gasteiger partial charge in [0.25, 0.3) is 5.60 Å². The van der Waals surface area contributed by atoms with Crippen LogP contribution in [0.1, 0.15) is 85.6 Å². The SMILES string of the molecule is CCCC[C@H](CNCCC)COC(=O)[C@]12O[C@@]1(C/C(CO)=C(\C)CCc1ccnc(N)c1)C(=O)c1ccccc1C2=O. The van der Waals surface area contributed by atoms with Gasteiger partial charge in [0.1, 0.15) is 5.82 Å². The highest BCUT2D eigenvalue weighted by Crippen LogP contribution is 2.59. The van der Waals surface area contributed by atoms with Crippen LogP contribution in [0.4, 0.5) is 5.82 Å². The van der Waals surface area contributed by atoms with Gasteiger partial charge in [-0.25, -0.2) is 9.78 Å². The van der Waals surface area contributed by atoms with Gasteiger partial charge in [0.15, 0.2) is 11.4 Å². The standard InChI is InChI=1S/C33H43N3O6/c1-4-6-9-24(19-35-15-5-2)21-41-31(40)33-30(39)27-11-8-7-10-26(27)29(38)32(33,42-33)18-25(20-37)22(3)12-13-23-14-16-36-28(34)17-23/h7-8,10-11,14,16-17,24,35,37H,4-6,9,12-13,15,18-21H2,1-3H3,(H2,34,36)/b25-22-/t24-,32+,33+/m1/s1. The van der Waals surface area contributed by atoms with E-state index in [4.69, 9.17) is 15.2 Å². The molecule has 9 nitrogen and oxygen atoms in total. The first-order valence-electron chi connectivity index (χ1n) is 15.0. The van der Waals surface area contributed by atoms with Gasteiger partial charge in [-0.05, 0) is 62.4 Å². The van der Waals surface area contributed by atoms with Crippen LogP contribution in [0.15, 0.2) is 53.7 Å². The minimum Gasteiger partial charge on any atom is -0.463 e. The quantitative estimate of drug-likeness (QED) is 0.0877. The predicted molar refractivity (Wildman–Crippen MR) is 160 cm³/mol. The number of hydrogen-bond acceptors (Lipinski definition) is 9. The molecular weight excluding hydrogens is 534 g/mol. The van der Waals surface area contributed by atoms with Crippen LogP contribution in [0.25, 0.3) is 0 Å². The molecule has 0 spiro atoms. The number of Topliss-reactive ketones (excluding diaryl/α,β-unsaturated/α-hetero) is 2. The zero-order valence-electron chi connectivity index (χ0n) is 24.9. The molecule has 4 N–H and O–H groups in total. The number of ketones is 2. The summed E-state index contributed by atoms with van der Waals surface area (Å²) in [6, 6.07) is 10.1. The van der Waals surface area contributed by atoms with E-state index >= 15 is 0 Å². The van der Waals surface area contributed by atoms with Gasteiger partial charge in [0, 0.05) is 36.2 Å². The number of carbonyl (C=O) groups excluding carboxylic acids is 3. The molecule has 4 rings (SSSR count). The Labute approximate surface area is 247 Å². The molecule has 2 heterocycles. The number of anilines is 1. The lowest BCUT2D eigenvalue weighted by molar-refractivity contribution is -0.149. The molecule has 1 fully saturated rings. The number of fused-ring (bicyclic) bond motifs is 2. The third-order valence-corrected chi connectivity index (χ3v) is 8.41. The molecule has 0 radical (unpaired) electrons. The molecule has 42 heavy (non-hydrogen) atoms. The van der Waals surface area contributed by atoms with E-state index in [9.17, 15) is 19.5 Å². The van der Waals surface area contributed by atoms with E-state index in [1.165, 1.54) is 0 Å².